The lowest BCUT2D eigenvalue weighted by Gasteiger charge is -2.18. The Kier molecular flexibility index (Phi) is 6.17. The van der Waals surface area contributed by atoms with Gasteiger partial charge in [-0.1, -0.05) is 25.1 Å². The standard InChI is InChI=1S/C20H23NO4/c1-5-18(25-16-8-6-7-13(2)11-16)19(22)21-17-12-15(20(23)24-4)10-9-14(17)3/h6-12,18H,5H2,1-4H3,(H,21,22)/t18-/m1/s1. The number of nitrogens with one attached hydrogen (secondary N) is 1. The summed E-state index contributed by atoms with van der Waals surface area (Å²) >= 11 is 0. The van der Waals surface area contributed by atoms with Crippen LogP contribution in [0.25, 0.3) is 0 Å². The summed E-state index contributed by atoms with van der Waals surface area (Å²) in [5.74, 6) is -0.0466. The Bertz CT molecular complexity index is 770. The molecular weight excluding hydrogens is 318 g/mol. The largest absolute Gasteiger partial charge is 0.481 e. The zero-order valence-electron chi connectivity index (χ0n) is 15.0. The van der Waals surface area contributed by atoms with Gasteiger partial charge in [-0.2, -0.15) is 0 Å². The summed E-state index contributed by atoms with van der Waals surface area (Å²) in [7, 11) is 1.32. The third kappa shape index (κ3) is 4.83. The summed E-state index contributed by atoms with van der Waals surface area (Å²) in [6, 6.07) is 12.6. The highest BCUT2D eigenvalue weighted by Gasteiger charge is 2.20. The molecule has 2 aromatic carbocycles. The maximum atomic E-state index is 12.6. The summed E-state index contributed by atoms with van der Waals surface area (Å²) in [6.07, 6.45) is -0.0989. The Labute approximate surface area is 148 Å². The molecule has 0 fully saturated rings. The summed E-state index contributed by atoms with van der Waals surface area (Å²) < 4.78 is 10.5. The molecule has 5 heteroatoms. The average molecular weight is 341 g/mol. The maximum Gasteiger partial charge on any atom is 0.337 e. The molecule has 1 atom stereocenters. The van der Waals surface area contributed by atoms with Gasteiger partial charge in [-0.05, 0) is 55.7 Å². The zero-order chi connectivity index (χ0) is 18.4. The molecule has 0 heterocycles. The van der Waals surface area contributed by atoms with Crippen LogP contribution >= 0.6 is 0 Å². The van der Waals surface area contributed by atoms with Crippen LogP contribution in [0.2, 0.25) is 0 Å². The monoisotopic (exact) mass is 341 g/mol. The van der Waals surface area contributed by atoms with Crippen LogP contribution in [0.1, 0.15) is 34.8 Å². The first kappa shape index (κ1) is 18.5. The third-order valence-electron chi connectivity index (χ3n) is 3.85. The number of aryl methyl sites for hydroxylation is 2. The van der Waals surface area contributed by atoms with Gasteiger partial charge in [-0.15, -0.1) is 0 Å². The van der Waals surface area contributed by atoms with Crippen molar-refractivity contribution in [3.05, 3.63) is 59.2 Å². The molecule has 0 aromatic heterocycles. The fraction of sp³-hybridized carbons (Fsp3) is 0.300. The Morgan fingerprint density at radius 1 is 1.12 bits per heavy atom. The fourth-order valence-electron chi connectivity index (χ4n) is 2.39. The van der Waals surface area contributed by atoms with Crippen LogP contribution in [0.4, 0.5) is 5.69 Å². The Morgan fingerprint density at radius 3 is 2.52 bits per heavy atom. The van der Waals surface area contributed by atoms with Crippen LogP contribution < -0.4 is 10.1 Å². The summed E-state index contributed by atoms with van der Waals surface area (Å²) in [5.41, 5.74) is 2.87. The predicted molar refractivity (Wildman–Crippen MR) is 97.0 cm³/mol. The molecule has 5 nitrogen and oxygen atoms in total. The predicted octanol–water partition coefficient (Wildman–Crippen LogP) is 3.89. The molecule has 132 valence electrons. The summed E-state index contributed by atoms with van der Waals surface area (Å²) in [5, 5.41) is 2.84. The number of carbonyl (C=O) groups is 2. The van der Waals surface area contributed by atoms with Crippen LogP contribution in [0, 0.1) is 13.8 Å². The van der Waals surface area contributed by atoms with Crippen molar-refractivity contribution in [1.82, 2.24) is 0 Å². The highest BCUT2D eigenvalue weighted by molar-refractivity contribution is 5.97. The van der Waals surface area contributed by atoms with Gasteiger partial charge in [-0.3, -0.25) is 4.79 Å². The van der Waals surface area contributed by atoms with E-state index in [0.717, 1.165) is 11.1 Å². The first-order chi connectivity index (χ1) is 11.9. The van der Waals surface area contributed by atoms with Crippen molar-refractivity contribution in [2.75, 3.05) is 12.4 Å². The van der Waals surface area contributed by atoms with E-state index in [1.54, 1.807) is 18.2 Å². The molecular formula is C20H23NO4. The smallest absolute Gasteiger partial charge is 0.337 e. The van der Waals surface area contributed by atoms with Crippen LogP contribution in [-0.4, -0.2) is 25.1 Å². The molecule has 0 radical (unpaired) electrons. The lowest BCUT2D eigenvalue weighted by molar-refractivity contribution is -0.122. The Balaban J connectivity index is 2.15. The van der Waals surface area contributed by atoms with Crippen molar-refractivity contribution in [3.63, 3.8) is 0 Å². The van der Waals surface area contributed by atoms with Crippen molar-refractivity contribution >= 4 is 17.6 Å². The van der Waals surface area contributed by atoms with Gasteiger partial charge < -0.3 is 14.8 Å². The lowest BCUT2D eigenvalue weighted by atomic mass is 10.1. The molecule has 0 saturated carbocycles. The highest BCUT2D eigenvalue weighted by atomic mass is 16.5. The Morgan fingerprint density at radius 2 is 1.88 bits per heavy atom. The lowest BCUT2D eigenvalue weighted by Crippen LogP contribution is -2.32. The van der Waals surface area contributed by atoms with E-state index in [1.807, 2.05) is 45.0 Å². The molecule has 1 N–H and O–H groups in total. The molecule has 25 heavy (non-hydrogen) atoms. The van der Waals surface area contributed by atoms with Crippen molar-refractivity contribution in [1.29, 1.82) is 0 Å². The first-order valence-corrected chi connectivity index (χ1v) is 8.17. The second-order valence-electron chi connectivity index (χ2n) is 5.84. The van der Waals surface area contributed by atoms with E-state index in [1.165, 1.54) is 7.11 Å². The topological polar surface area (TPSA) is 64.6 Å². The van der Waals surface area contributed by atoms with E-state index >= 15 is 0 Å². The van der Waals surface area contributed by atoms with E-state index in [-0.39, 0.29) is 5.91 Å². The van der Waals surface area contributed by atoms with Crippen LogP contribution in [0.5, 0.6) is 5.75 Å². The van der Waals surface area contributed by atoms with Crippen molar-refractivity contribution in [3.8, 4) is 5.75 Å². The zero-order valence-corrected chi connectivity index (χ0v) is 15.0. The van der Waals surface area contributed by atoms with Crippen molar-refractivity contribution in [2.24, 2.45) is 0 Å². The molecule has 1 amide bonds. The summed E-state index contributed by atoms with van der Waals surface area (Å²) in [4.78, 5) is 24.2. The number of esters is 1. The second kappa shape index (κ2) is 8.33. The molecule has 0 aliphatic rings. The number of ether oxygens (including phenoxy) is 2. The number of amides is 1. The van der Waals surface area contributed by atoms with Crippen molar-refractivity contribution < 1.29 is 19.1 Å². The quantitative estimate of drug-likeness (QED) is 0.810. The number of rotatable bonds is 6. The van der Waals surface area contributed by atoms with Gasteiger partial charge in [0.1, 0.15) is 5.75 Å². The number of methoxy groups -OCH3 is 1. The van der Waals surface area contributed by atoms with Crippen LogP contribution in [0.15, 0.2) is 42.5 Å². The molecule has 2 rings (SSSR count). The van der Waals surface area contributed by atoms with E-state index < -0.39 is 12.1 Å². The van der Waals surface area contributed by atoms with E-state index in [9.17, 15) is 9.59 Å². The normalized spacial score (nSPS) is 11.5. The first-order valence-electron chi connectivity index (χ1n) is 8.17. The fourth-order valence-corrected chi connectivity index (χ4v) is 2.39. The minimum atomic E-state index is -0.622. The Hall–Kier alpha value is -2.82. The van der Waals surface area contributed by atoms with E-state index in [4.69, 9.17) is 9.47 Å². The molecule has 0 aliphatic heterocycles. The van der Waals surface area contributed by atoms with Gasteiger partial charge in [0.15, 0.2) is 6.10 Å². The van der Waals surface area contributed by atoms with Crippen LogP contribution in [-0.2, 0) is 9.53 Å². The number of benzene rings is 2. The minimum Gasteiger partial charge on any atom is -0.481 e. The number of hydrogen-bond donors (Lipinski definition) is 1. The van der Waals surface area contributed by atoms with E-state index in [2.05, 4.69) is 5.32 Å². The maximum absolute atomic E-state index is 12.6. The summed E-state index contributed by atoms with van der Waals surface area (Å²) in [6.45, 7) is 5.71. The van der Waals surface area contributed by atoms with Crippen LogP contribution in [0.3, 0.4) is 0 Å². The number of anilines is 1. The molecule has 0 saturated heterocycles. The van der Waals surface area contributed by atoms with Gasteiger partial charge in [0, 0.05) is 5.69 Å². The van der Waals surface area contributed by atoms with E-state index in [0.29, 0.717) is 23.4 Å². The molecule has 0 unspecified atom stereocenters. The molecule has 2 aromatic rings. The van der Waals surface area contributed by atoms with Gasteiger partial charge in [0.05, 0.1) is 12.7 Å². The number of carbonyl (C=O) groups excluding carboxylic acids is 2. The highest BCUT2D eigenvalue weighted by Crippen LogP contribution is 2.20. The average Bonchev–Trinajstić information content (AvgIpc) is 2.60. The third-order valence-corrected chi connectivity index (χ3v) is 3.85. The minimum absolute atomic E-state index is 0.255. The molecule has 0 bridgehead atoms. The van der Waals surface area contributed by atoms with Crippen molar-refractivity contribution in [2.45, 2.75) is 33.3 Å². The second-order valence-corrected chi connectivity index (χ2v) is 5.84. The van der Waals surface area contributed by atoms with Gasteiger partial charge in [-0.25, -0.2) is 4.79 Å². The number of hydrogen-bond acceptors (Lipinski definition) is 4. The van der Waals surface area contributed by atoms with Gasteiger partial charge in [0.25, 0.3) is 5.91 Å². The molecule has 0 aliphatic carbocycles. The van der Waals surface area contributed by atoms with Gasteiger partial charge in [0.2, 0.25) is 0 Å². The van der Waals surface area contributed by atoms with Gasteiger partial charge >= 0.3 is 5.97 Å². The molecule has 0 spiro atoms. The SMILES string of the molecule is CC[C@@H](Oc1cccc(C)c1)C(=O)Nc1cc(C(=O)OC)ccc1C.